The van der Waals surface area contributed by atoms with E-state index in [2.05, 4.69) is 10.6 Å². The lowest BCUT2D eigenvalue weighted by Gasteiger charge is -2.47. The number of aliphatic hydroxyl groups excluding tert-OH is 3. The molecule has 0 bridgehead atoms. The van der Waals surface area contributed by atoms with Gasteiger partial charge in [-0.3, -0.25) is 38.4 Å². The molecule has 3 unspecified atom stereocenters. The van der Waals surface area contributed by atoms with Gasteiger partial charge in [0.25, 0.3) is 11.8 Å². The van der Waals surface area contributed by atoms with Crippen molar-refractivity contribution in [3.05, 3.63) is 145 Å². The molecule has 13 N–H and O–H groups in total. The number of esters is 2. The van der Waals surface area contributed by atoms with Crippen molar-refractivity contribution in [3.63, 3.8) is 0 Å². The van der Waals surface area contributed by atoms with Gasteiger partial charge in [-0.25, -0.2) is 0 Å². The second-order valence-electron chi connectivity index (χ2n) is 24.6. The molecule has 6 aliphatic carbocycles. The van der Waals surface area contributed by atoms with Crippen LogP contribution in [0.2, 0.25) is 0 Å². The summed E-state index contributed by atoms with van der Waals surface area (Å²) in [5, 5.41) is 87.7. The molecule has 0 spiro atoms. The van der Waals surface area contributed by atoms with Gasteiger partial charge in [-0.15, -0.1) is 0 Å². The van der Waals surface area contributed by atoms with Gasteiger partial charge in [-0.05, 0) is 139 Å². The van der Waals surface area contributed by atoms with E-state index in [4.69, 9.17) is 30.4 Å². The van der Waals surface area contributed by atoms with Gasteiger partial charge < -0.3 is 76.8 Å². The van der Waals surface area contributed by atoms with Gasteiger partial charge in [0, 0.05) is 60.9 Å². The second-order valence-corrected chi connectivity index (χ2v) is 24.6. The van der Waals surface area contributed by atoms with Crippen molar-refractivity contribution in [2.75, 3.05) is 20.8 Å². The summed E-state index contributed by atoms with van der Waals surface area (Å²) in [6, 6.07) is 15.1. The van der Waals surface area contributed by atoms with Crippen LogP contribution in [-0.4, -0.2) is 133 Å². The number of hydrogen-bond acceptors (Lipinski definition) is 21. The standard InChI is InChI=1S/C68H74N4O19/c1-8-33-12-10-31(28-72-56(29(3)4)66(85)90-9-2)19-40(33)38-13-15-46(74)53-42(38)24-35-22-37-26-48(76)55(64(70)83)61(81)68(37,87)62(51(35)58(53)78)91-30(5)18-44(65(84)89-7)71-27-32-11-17-49(88-6)41(20-32)39-14-16-45(73)52-43(39)23-34-21-36-25-47(75)54(63(69)82)60(80)67(36,86)59(79)50(34)57(52)77/h10-17,19-20,29-30,34-37,44,56,71-76,79,86-87H,8-9,18,21-28H2,1-7H3,(H2,69,82)(H2,70,83)/t30?,34-,35-,36+,37+,44?,56?,67+,68-/m1/s1. The van der Waals surface area contributed by atoms with E-state index in [1.165, 1.54) is 33.3 Å². The van der Waals surface area contributed by atoms with Gasteiger partial charge in [-0.2, -0.15) is 0 Å². The van der Waals surface area contributed by atoms with Gasteiger partial charge in [0.1, 0.15) is 63.5 Å². The normalized spacial score (nSPS) is 23.7. The Kier molecular flexibility index (Phi) is 17.7. The predicted molar refractivity (Wildman–Crippen MR) is 326 cm³/mol. The number of ketones is 4. The van der Waals surface area contributed by atoms with Crippen LogP contribution < -0.4 is 26.8 Å². The number of Topliss-reactive ketones (excluding diaryl/α,β-unsaturated/α-hetero) is 4. The van der Waals surface area contributed by atoms with E-state index in [-0.39, 0.29) is 79.4 Å². The number of fused-ring (bicyclic) bond motifs is 6. The van der Waals surface area contributed by atoms with Crippen LogP contribution in [0.15, 0.2) is 106 Å². The summed E-state index contributed by atoms with van der Waals surface area (Å²) in [4.78, 5) is 110. The maximum Gasteiger partial charge on any atom is 0.323 e. The fourth-order valence-electron chi connectivity index (χ4n) is 14.5. The summed E-state index contributed by atoms with van der Waals surface area (Å²) in [5.74, 6) is -15.5. The molecule has 0 fully saturated rings. The van der Waals surface area contributed by atoms with E-state index < -0.39 is 153 Å². The highest BCUT2D eigenvalue weighted by atomic mass is 16.5. The average Bonchev–Trinajstić information content (AvgIpc) is 0.715. The van der Waals surface area contributed by atoms with Crippen LogP contribution in [0, 0.1) is 29.6 Å². The zero-order valence-electron chi connectivity index (χ0n) is 51.4. The number of aromatic hydroxyl groups is 2. The molecule has 0 aromatic heterocycles. The number of aliphatic hydroxyl groups is 5. The highest BCUT2D eigenvalue weighted by Gasteiger charge is 2.62. The SMILES string of the molecule is CCOC(=O)C(NCc1ccc(CC)c(-c2ccc(O)c3c2C[C@H]2C[C@H]4CC(O)=C(C(N)=O)C(=O)[C@@]4(O)C(OC(C)CC(NCc4ccc(OC)c(-c5ccc(O)c6c5C[C@H]5C[C@H]7CC(O)=C(C(N)=O)C(=O)[C@@]7(O)C(O)=C5C6=O)c4)C(=O)OC)=C2C3=O)c1)C(C)C. The lowest BCUT2D eigenvalue weighted by Crippen LogP contribution is -2.58. The Morgan fingerprint density at radius 1 is 0.637 bits per heavy atom. The number of aryl methyl sites for hydroxylation is 1. The third kappa shape index (κ3) is 11.0. The van der Waals surface area contributed by atoms with Crippen molar-refractivity contribution in [1.82, 2.24) is 10.6 Å². The Labute approximate surface area is 523 Å². The summed E-state index contributed by atoms with van der Waals surface area (Å²) >= 11 is 0. The number of benzene rings is 4. The van der Waals surface area contributed by atoms with Crippen molar-refractivity contribution in [3.8, 4) is 39.5 Å². The van der Waals surface area contributed by atoms with Crippen LogP contribution >= 0.6 is 0 Å². The zero-order valence-corrected chi connectivity index (χ0v) is 51.4. The van der Waals surface area contributed by atoms with Gasteiger partial charge in [0.15, 0.2) is 22.8 Å². The first-order chi connectivity index (χ1) is 43.1. The molecule has 10 rings (SSSR count). The maximum atomic E-state index is 15.4. The van der Waals surface area contributed by atoms with Gasteiger partial charge in [0.05, 0.1) is 38.1 Å². The molecule has 0 radical (unpaired) electrons. The molecule has 0 saturated heterocycles. The van der Waals surface area contributed by atoms with Crippen LogP contribution in [0.3, 0.4) is 0 Å². The predicted octanol–water partition coefficient (Wildman–Crippen LogP) is 5.63. The highest BCUT2D eigenvalue weighted by molar-refractivity contribution is 6.26. The molecule has 23 nitrogen and oxygen atoms in total. The Morgan fingerprint density at radius 3 is 1.69 bits per heavy atom. The number of nitrogens with two attached hydrogens (primary N) is 2. The molecule has 0 saturated carbocycles. The number of methoxy groups -OCH3 is 2. The van der Waals surface area contributed by atoms with Crippen LogP contribution in [-0.2, 0) is 75.3 Å². The number of hydrogen-bond donors (Lipinski definition) is 11. The van der Waals surface area contributed by atoms with Crippen molar-refractivity contribution in [2.45, 2.75) is 128 Å². The van der Waals surface area contributed by atoms with E-state index in [1.54, 1.807) is 37.3 Å². The number of carbonyl (C=O) groups excluding carboxylic acids is 8. The third-order valence-electron chi connectivity index (χ3n) is 18.9. The minimum absolute atomic E-state index is 0.0126. The average molecular weight is 1250 g/mol. The third-order valence-corrected chi connectivity index (χ3v) is 18.9. The molecule has 4 aromatic rings. The first-order valence-electron chi connectivity index (χ1n) is 30.3. The van der Waals surface area contributed by atoms with Crippen molar-refractivity contribution in [2.24, 2.45) is 41.1 Å². The number of rotatable bonds is 20. The number of amides is 2. The largest absolute Gasteiger partial charge is 0.511 e. The van der Waals surface area contributed by atoms with Crippen molar-refractivity contribution < 1.29 is 93.0 Å². The quantitative estimate of drug-likeness (QED) is 0.0377. The Morgan fingerprint density at radius 2 is 1.15 bits per heavy atom. The molecule has 91 heavy (non-hydrogen) atoms. The lowest BCUT2D eigenvalue weighted by atomic mass is 9.60. The number of nitrogens with one attached hydrogen (secondary N) is 2. The number of primary amides is 2. The van der Waals surface area contributed by atoms with E-state index >= 15 is 4.79 Å². The fourth-order valence-corrected chi connectivity index (χ4v) is 14.5. The molecule has 0 heterocycles. The topological polar surface area (TPSA) is 391 Å². The maximum absolute atomic E-state index is 15.4. The fraction of sp³-hybridized carbons (Fsp3) is 0.412. The first-order valence-corrected chi connectivity index (χ1v) is 30.3. The molecule has 2 amide bonds. The number of carbonyl (C=O) groups is 8. The smallest absolute Gasteiger partial charge is 0.323 e. The summed E-state index contributed by atoms with van der Waals surface area (Å²) < 4.78 is 23.0. The second kappa shape index (κ2) is 24.9. The van der Waals surface area contributed by atoms with Crippen LogP contribution in [0.5, 0.6) is 17.2 Å². The van der Waals surface area contributed by atoms with Crippen LogP contribution in [0.1, 0.15) is 115 Å². The molecular weight excluding hydrogens is 1180 g/mol. The minimum atomic E-state index is -2.76. The van der Waals surface area contributed by atoms with Crippen molar-refractivity contribution >= 4 is 46.9 Å². The number of allylic oxidation sites excluding steroid dienone is 4. The molecular formula is C68H74N4O19. The Bertz CT molecular complexity index is 3930. The molecule has 9 atom stereocenters. The lowest BCUT2D eigenvalue weighted by molar-refractivity contribution is -0.150. The number of phenols is 2. The Hall–Kier alpha value is -9.16. The minimum Gasteiger partial charge on any atom is -0.511 e. The van der Waals surface area contributed by atoms with Gasteiger partial charge in [-0.1, -0.05) is 51.1 Å². The number of ether oxygens (including phenoxy) is 4. The van der Waals surface area contributed by atoms with Crippen molar-refractivity contribution in [1.29, 1.82) is 0 Å². The van der Waals surface area contributed by atoms with Gasteiger partial charge >= 0.3 is 11.9 Å². The molecule has 0 aliphatic heterocycles. The van der Waals surface area contributed by atoms with E-state index in [9.17, 15) is 69.3 Å². The molecule has 6 aliphatic rings. The first kappa shape index (κ1) is 64.8. The number of phenolic OH excluding ortho intramolecular Hbond substituents is 2. The van der Waals surface area contributed by atoms with Crippen LogP contribution in [0.4, 0.5) is 0 Å². The monoisotopic (exact) mass is 1250 g/mol. The zero-order chi connectivity index (χ0) is 66.0. The van der Waals surface area contributed by atoms with Crippen LogP contribution in [0.25, 0.3) is 22.3 Å². The van der Waals surface area contributed by atoms with E-state index in [1.807, 2.05) is 39.0 Å². The van der Waals surface area contributed by atoms with E-state index in [0.29, 0.717) is 52.1 Å². The highest BCUT2D eigenvalue weighted by Crippen LogP contribution is 2.56. The van der Waals surface area contributed by atoms with Gasteiger partial charge in [0.2, 0.25) is 11.6 Å². The molecule has 4 aromatic carbocycles. The summed E-state index contributed by atoms with van der Waals surface area (Å²) in [6.45, 7) is 9.52. The summed E-state index contributed by atoms with van der Waals surface area (Å²) in [5.41, 5.74) is 8.24. The Balaban J connectivity index is 0.963. The molecule has 480 valence electrons. The summed E-state index contributed by atoms with van der Waals surface area (Å²) in [6.07, 6.45) is -1.73. The molecule has 23 heteroatoms. The van der Waals surface area contributed by atoms with E-state index in [0.717, 1.165) is 16.7 Å². The summed E-state index contributed by atoms with van der Waals surface area (Å²) in [7, 11) is 2.59.